The Bertz CT molecular complexity index is 1020. The van der Waals surface area contributed by atoms with Crippen LogP contribution in [0.5, 0.6) is 0 Å². The molecule has 3 aliphatic heterocycles. The quantitative estimate of drug-likeness (QED) is 0.740. The molecule has 3 aliphatic rings. The molecule has 0 bridgehead atoms. The highest BCUT2D eigenvalue weighted by atomic mass is 16.5. The van der Waals surface area contributed by atoms with E-state index in [4.69, 9.17) is 4.74 Å². The van der Waals surface area contributed by atoms with Gasteiger partial charge in [-0.1, -0.05) is 35.0 Å². The topological polar surface area (TPSA) is 92.6 Å². The summed E-state index contributed by atoms with van der Waals surface area (Å²) < 4.78 is 7.86. The molecule has 182 valence electrons. The highest BCUT2D eigenvalue weighted by Gasteiger charge is 2.33. The van der Waals surface area contributed by atoms with E-state index in [1.54, 1.807) is 9.58 Å². The zero-order chi connectivity index (χ0) is 23.7. The second-order valence-electron chi connectivity index (χ2n) is 9.93. The van der Waals surface area contributed by atoms with Gasteiger partial charge < -0.3 is 19.9 Å². The lowest BCUT2D eigenvalue weighted by Gasteiger charge is -2.34. The van der Waals surface area contributed by atoms with Gasteiger partial charge >= 0.3 is 0 Å². The number of carbonyl (C=O) groups excluding carboxylic acids is 2. The molecule has 2 fully saturated rings. The van der Waals surface area contributed by atoms with E-state index in [-0.39, 0.29) is 29.9 Å². The van der Waals surface area contributed by atoms with Crippen LogP contribution < -0.4 is 5.32 Å². The first kappa shape index (κ1) is 23.0. The van der Waals surface area contributed by atoms with Crippen LogP contribution in [-0.2, 0) is 22.7 Å². The summed E-state index contributed by atoms with van der Waals surface area (Å²) in [6, 6.07) is 8.56. The molecule has 1 atom stereocenters. The second kappa shape index (κ2) is 9.84. The first-order chi connectivity index (χ1) is 16.5. The van der Waals surface area contributed by atoms with Crippen molar-refractivity contribution in [2.24, 2.45) is 5.92 Å². The van der Waals surface area contributed by atoms with Crippen molar-refractivity contribution in [1.29, 1.82) is 0 Å². The summed E-state index contributed by atoms with van der Waals surface area (Å²) in [5.41, 5.74) is 3.41. The Balaban J connectivity index is 1.15. The summed E-state index contributed by atoms with van der Waals surface area (Å²) in [6.45, 7) is 6.07. The predicted molar refractivity (Wildman–Crippen MR) is 126 cm³/mol. The lowest BCUT2D eigenvalue weighted by atomic mass is 9.94. The molecule has 9 heteroatoms. The summed E-state index contributed by atoms with van der Waals surface area (Å²) in [4.78, 5) is 30.0. The van der Waals surface area contributed by atoms with Crippen molar-refractivity contribution in [2.45, 2.75) is 57.9 Å². The fourth-order valence-electron chi connectivity index (χ4n) is 5.13. The third kappa shape index (κ3) is 4.86. The number of aryl methyl sites for hydroxylation is 1. The number of benzene rings is 1. The van der Waals surface area contributed by atoms with Gasteiger partial charge in [-0.3, -0.25) is 9.59 Å². The molecule has 5 rings (SSSR count). The van der Waals surface area contributed by atoms with Gasteiger partial charge in [0, 0.05) is 25.0 Å². The molecule has 2 amide bonds. The van der Waals surface area contributed by atoms with Gasteiger partial charge in [0.2, 0.25) is 5.91 Å². The maximum atomic E-state index is 13.2. The lowest BCUT2D eigenvalue weighted by molar-refractivity contribution is -0.127. The van der Waals surface area contributed by atoms with Crippen LogP contribution >= 0.6 is 0 Å². The van der Waals surface area contributed by atoms with Crippen molar-refractivity contribution in [2.75, 3.05) is 33.2 Å². The number of piperidine rings is 2. The zero-order valence-corrected chi connectivity index (χ0v) is 20.1. The minimum Gasteiger partial charge on any atom is -0.365 e. The molecule has 9 nitrogen and oxygen atoms in total. The molecule has 0 aliphatic carbocycles. The highest BCUT2D eigenvalue weighted by Crippen LogP contribution is 2.28. The number of likely N-dealkylation sites (tertiary alicyclic amines) is 2. The van der Waals surface area contributed by atoms with Gasteiger partial charge in [-0.2, -0.15) is 0 Å². The van der Waals surface area contributed by atoms with Crippen LogP contribution in [0.15, 0.2) is 24.3 Å². The summed E-state index contributed by atoms with van der Waals surface area (Å²) >= 11 is 0. The number of nitrogens with one attached hydrogen (secondary N) is 1. The van der Waals surface area contributed by atoms with Crippen molar-refractivity contribution in [3.05, 3.63) is 46.8 Å². The normalized spacial score (nSPS) is 22.4. The smallest absolute Gasteiger partial charge is 0.276 e. The fourth-order valence-corrected chi connectivity index (χ4v) is 5.13. The van der Waals surface area contributed by atoms with Crippen molar-refractivity contribution in [3.63, 3.8) is 0 Å². The number of hydrogen-bond acceptors (Lipinski definition) is 6. The van der Waals surface area contributed by atoms with Crippen LogP contribution in [0.2, 0.25) is 0 Å². The molecular formula is C25H34N6O3. The first-order valence-electron chi connectivity index (χ1n) is 12.4. The standard InChI is InChI=1S/C25H34N6O3/c1-17-3-5-18(6-4-17)22-15-31-21(16-34-22)23(27-28-31)25(33)30-13-7-19(8-14-30)24(32)26-20-9-11-29(2)12-10-20/h3-6,19-20,22H,7-16H2,1-2H3,(H,26,32). The van der Waals surface area contributed by atoms with Crippen molar-refractivity contribution in [1.82, 2.24) is 30.1 Å². The fraction of sp³-hybridized carbons (Fsp3) is 0.600. The van der Waals surface area contributed by atoms with E-state index in [1.807, 2.05) is 0 Å². The highest BCUT2D eigenvalue weighted by molar-refractivity contribution is 5.93. The Morgan fingerprint density at radius 1 is 1.03 bits per heavy atom. The van der Waals surface area contributed by atoms with Crippen LogP contribution in [0.25, 0.3) is 0 Å². The number of aromatic nitrogens is 3. The number of nitrogens with zero attached hydrogens (tertiary/aromatic N) is 5. The van der Waals surface area contributed by atoms with Crippen LogP contribution in [0.4, 0.5) is 0 Å². The monoisotopic (exact) mass is 466 g/mol. The summed E-state index contributed by atoms with van der Waals surface area (Å²) in [5, 5.41) is 11.7. The Morgan fingerprint density at radius 2 is 1.74 bits per heavy atom. The Labute approximate surface area is 200 Å². The van der Waals surface area contributed by atoms with E-state index in [2.05, 4.69) is 58.8 Å². The Kier molecular flexibility index (Phi) is 6.65. The SMILES string of the molecule is Cc1ccc(C2Cn3nnc(C(=O)N4CCC(C(=O)NC5CCN(C)CC5)CC4)c3CO2)cc1. The molecule has 1 aromatic carbocycles. The van der Waals surface area contributed by atoms with Gasteiger partial charge in [0.05, 0.1) is 18.8 Å². The average Bonchev–Trinajstić information content (AvgIpc) is 3.29. The summed E-state index contributed by atoms with van der Waals surface area (Å²) in [7, 11) is 2.12. The van der Waals surface area contributed by atoms with Crippen LogP contribution in [0.3, 0.4) is 0 Å². The third-order valence-electron chi connectivity index (χ3n) is 7.47. The van der Waals surface area contributed by atoms with Crippen molar-refractivity contribution < 1.29 is 14.3 Å². The van der Waals surface area contributed by atoms with Crippen LogP contribution in [-0.4, -0.2) is 75.9 Å². The van der Waals surface area contributed by atoms with Gasteiger partial charge in [0.1, 0.15) is 6.10 Å². The molecule has 1 unspecified atom stereocenters. The number of amides is 2. The molecule has 0 saturated carbocycles. The molecular weight excluding hydrogens is 432 g/mol. The average molecular weight is 467 g/mol. The molecule has 4 heterocycles. The van der Waals surface area contributed by atoms with E-state index in [9.17, 15) is 9.59 Å². The van der Waals surface area contributed by atoms with Crippen LogP contribution in [0.1, 0.15) is 59.1 Å². The van der Waals surface area contributed by atoms with E-state index >= 15 is 0 Å². The maximum Gasteiger partial charge on any atom is 0.276 e. The number of fused-ring (bicyclic) bond motifs is 1. The van der Waals surface area contributed by atoms with E-state index in [1.165, 1.54) is 5.56 Å². The maximum absolute atomic E-state index is 13.2. The minimum atomic E-state index is -0.118. The van der Waals surface area contributed by atoms with Crippen molar-refractivity contribution in [3.8, 4) is 0 Å². The molecule has 1 aromatic heterocycles. The summed E-state index contributed by atoms with van der Waals surface area (Å²) in [6.07, 6.45) is 3.27. The second-order valence-corrected chi connectivity index (χ2v) is 9.93. The van der Waals surface area contributed by atoms with Gasteiger partial charge in [-0.25, -0.2) is 4.68 Å². The summed E-state index contributed by atoms with van der Waals surface area (Å²) in [5.74, 6) is -0.0117. The van der Waals surface area contributed by atoms with Gasteiger partial charge in [-0.15, -0.1) is 5.10 Å². The van der Waals surface area contributed by atoms with Gasteiger partial charge in [0.15, 0.2) is 5.69 Å². The Morgan fingerprint density at radius 3 is 2.44 bits per heavy atom. The first-order valence-corrected chi connectivity index (χ1v) is 12.4. The van der Waals surface area contributed by atoms with E-state index in [0.717, 1.165) is 37.2 Å². The number of ether oxygens (including phenoxy) is 1. The zero-order valence-electron chi connectivity index (χ0n) is 20.1. The molecule has 0 radical (unpaired) electrons. The molecule has 2 aromatic rings. The number of carbonyl (C=O) groups is 2. The molecule has 2 saturated heterocycles. The van der Waals surface area contributed by atoms with E-state index in [0.29, 0.717) is 44.8 Å². The van der Waals surface area contributed by atoms with E-state index < -0.39 is 0 Å². The van der Waals surface area contributed by atoms with Crippen molar-refractivity contribution >= 4 is 11.8 Å². The number of rotatable bonds is 4. The van der Waals surface area contributed by atoms with Crippen LogP contribution in [0, 0.1) is 12.8 Å². The number of hydrogen-bond donors (Lipinski definition) is 1. The minimum absolute atomic E-state index is 0.0312. The van der Waals surface area contributed by atoms with Gasteiger partial charge in [0.25, 0.3) is 5.91 Å². The Hall–Kier alpha value is -2.78. The lowest BCUT2D eigenvalue weighted by Crippen LogP contribution is -2.48. The molecule has 34 heavy (non-hydrogen) atoms. The molecule has 0 spiro atoms. The molecule has 1 N–H and O–H groups in total. The third-order valence-corrected chi connectivity index (χ3v) is 7.47. The largest absolute Gasteiger partial charge is 0.365 e. The van der Waals surface area contributed by atoms with Gasteiger partial charge in [-0.05, 0) is 58.3 Å². The predicted octanol–water partition coefficient (Wildman–Crippen LogP) is 1.92.